The molecule has 0 aliphatic carbocycles. The highest BCUT2D eigenvalue weighted by atomic mass is 19.1. The van der Waals surface area contributed by atoms with Crippen LogP contribution in [0.25, 0.3) is 0 Å². The molecule has 29 heavy (non-hydrogen) atoms. The number of nitrogens with one attached hydrogen (secondary N) is 4. The fourth-order valence-corrected chi connectivity index (χ4v) is 3.18. The molecule has 2 atom stereocenters. The summed E-state index contributed by atoms with van der Waals surface area (Å²) >= 11 is 0. The molecule has 8 heteroatoms. The standard InChI is InChI=1S/C21H28FN5O2/c1-12-10-16(13(2)29-12)19(28)24-20(25-21(3,4)5)23-18-11-17(26-27-18)14-6-8-15(22)9-7-14/h6-10,17-18,26-27H,11H2,1-5H3,(H2,23,24,25,28). The van der Waals surface area contributed by atoms with Crippen LogP contribution >= 0.6 is 0 Å². The molecule has 1 saturated heterocycles. The molecule has 0 saturated carbocycles. The predicted octanol–water partition coefficient (Wildman–Crippen LogP) is 3.07. The number of aliphatic imine (C=N–C) groups is 1. The van der Waals surface area contributed by atoms with E-state index in [4.69, 9.17) is 4.42 Å². The predicted molar refractivity (Wildman–Crippen MR) is 110 cm³/mol. The molecule has 1 aliphatic rings. The number of hydrogen-bond acceptors (Lipinski definition) is 5. The zero-order valence-electron chi connectivity index (χ0n) is 17.4. The molecule has 2 unspecified atom stereocenters. The van der Waals surface area contributed by atoms with E-state index >= 15 is 0 Å². The normalized spacial score (nSPS) is 20.0. The fourth-order valence-electron chi connectivity index (χ4n) is 3.18. The molecular formula is C21H28FN5O2. The number of rotatable bonds is 3. The summed E-state index contributed by atoms with van der Waals surface area (Å²) in [7, 11) is 0. The molecule has 0 radical (unpaired) electrons. The van der Waals surface area contributed by atoms with Gasteiger partial charge in [0.2, 0.25) is 0 Å². The van der Waals surface area contributed by atoms with Gasteiger partial charge in [-0.2, -0.15) is 0 Å². The summed E-state index contributed by atoms with van der Waals surface area (Å²) in [4.78, 5) is 17.4. The minimum Gasteiger partial charge on any atom is -0.466 e. The van der Waals surface area contributed by atoms with Crippen LogP contribution in [0.2, 0.25) is 0 Å². The van der Waals surface area contributed by atoms with Crippen molar-refractivity contribution in [3.63, 3.8) is 0 Å². The summed E-state index contributed by atoms with van der Waals surface area (Å²) in [5, 5.41) is 6.10. The molecule has 0 spiro atoms. The molecule has 3 rings (SSSR count). The van der Waals surface area contributed by atoms with Gasteiger partial charge in [0.1, 0.15) is 23.5 Å². The Morgan fingerprint density at radius 2 is 1.90 bits per heavy atom. The lowest BCUT2D eigenvalue weighted by Gasteiger charge is -2.24. The first-order valence-corrected chi connectivity index (χ1v) is 9.61. The average molecular weight is 401 g/mol. The summed E-state index contributed by atoms with van der Waals surface area (Å²) in [6.45, 7) is 9.53. The quantitative estimate of drug-likeness (QED) is 0.469. The first-order chi connectivity index (χ1) is 13.6. The van der Waals surface area contributed by atoms with Gasteiger partial charge in [0.15, 0.2) is 5.96 Å². The number of carbonyl (C=O) groups excluding carboxylic acids is 1. The monoisotopic (exact) mass is 401 g/mol. The summed E-state index contributed by atoms with van der Waals surface area (Å²) in [5.74, 6) is 1.07. The summed E-state index contributed by atoms with van der Waals surface area (Å²) in [6.07, 6.45) is 0.392. The first-order valence-electron chi connectivity index (χ1n) is 9.61. The van der Waals surface area contributed by atoms with Crippen molar-refractivity contribution >= 4 is 11.9 Å². The van der Waals surface area contributed by atoms with Crippen molar-refractivity contribution in [1.82, 2.24) is 21.5 Å². The SMILES string of the molecule is Cc1cc(C(=O)NC(=NC2CC(c3ccc(F)cc3)NN2)NC(C)(C)C)c(C)o1. The molecule has 1 fully saturated rings. The number of carbonyl (C=O) groups is 1. The Kier molecular flexibility index (Phi) is 6.04. The van der Waals surface area contributed by atoms with Gasteiger partial charge in [-0.15, -0.1) is 0 Å². The van der Waals surface area contributed by atoms with E-state index in [9.17, 15) is 9.18 Å². The van der Waals surface area contributed by atoms with E-state index in [1.54, 1.807) is 32.0 Å². The van der Waals surface area contributed by atoms with Gasteiger partial charge in [-0.1, -0.05) is 12.1 Å². The van der Waals surface area contributed by atoms with E-state index in [0.29, 0.717) is 29.5 Å². The van der Waals surface area contributed by atoms with Gasteiger partial charge in [-0.3, -0.25) is 10.1 Å². The lowest BCUT2D eigenvalue weighted by Crippen LogP contribution is -2.50. The molecule has 4 N–H and O–H groups in total. The molecule has 156 valence electrons. The molecule has 7 nitrogen and oxygen atoms in total. The first kappa shape index (κ1) is 21.0. The van der Waals surface area contributed by atoms with Gasteiger partial charge < -0.3 is 9.73 Å². The zero-order chi connectivity index (χ0) is 21.2. The third kappa shape index (κ3) is 5.65. The number of benzene rings is 1. The van der Waals surface area contributed by atoms with Crippen LogP contribution in [-0.4, -0.2) is 23.6 Å². The molecule has 1 amide bonds. The molecule has 0 bridgehead atoms. The van der Waals surface area contributed by atoms with Crippen molar-refractivity contribution in [1.29, 1.82) is 0 Å². The summed E-state index contributed by atoms with van der Waals surface area (Å²) in [5.41, 5.74) is 7.45. The van der Waals surface area contributed by atoms with Gasteiger partial charge in [-0.05, 0) is 58.4 Å². The minimum atomic E-state index is -0.296. The van der Waals surface area contributed by atoms with Crippen LogP contribution in [0.15, 0.2) is 39.7 Å². The van der Waals surface area contributed by atoms with Crippen LogP contribution in [0.1, 0.15) is 60.7 Å². The Hall–Kier alpha value is -2.71. The van der Waals surface area contributed by atoms with Gasteiger partial charge in [0.05, 0.1) is 5.56 Å². The van der Waals surface area contributed by atoms with Crippen LogP contribution in [0.5, 0.6) is 0 Å². The topological polar surface area (TPSA) is 90.7 Å². The van der Waals surface area contributed by atoms with E-state index in [0.717, 1.165) is 5.56 Å². The van der Waals surface area contributed by atoms with Crippen molar-refractivity contribution in [2.45, 2.75) is 58.8 Å². The fraction of sp³-hybridized carbons (Fsp3) is 0.429. The highest BCUT2D eigenvalue weighted by molar-refractivity contribution is 6.06. The largest absolute Gasteiger partial charge is 0.466 e. The van der Waals surface area contributed by atoms with Crippen molar-refractivity contribution in [2.24, 2.45) is 4.99 Å². The second-order valence-electron chi connectivity index (χ2n) is 8.28. The third-order valence-electron chi connectivity index (χ3n) is 4.45. The Labute approximate surface area is 170 Å². The van der Waals surface area contributed by atoms with E-state index in [1.165, 1.54) is 12.1 Å². The molecular weight excluding hydrogens is 373 g/mol. The Bertz CT molecular complexity index is 899. The Morgan fingerprint density at radius 1 is 1.21 bits per heavy atom. The highest BCUT2D eigenvalue weighted by Crippen LogP contribution is 2.23. The molecule has 1 aromatic heterocycles. The second-order valence-corrected chi connectivity index (χ2v) is 8.28. The van der Waals surface area contributed by atoms with Crippen LogP contribution in [0.3, 0.4) is 0 Å². The smallest absolute Gasteiger partial charge is 0.261 e. The number of furan rings is 1. The molecule has 1 aliphatic heterocycles. The average Bonchev–Trinajstić information content (AvgIpc) is 3.20. The van der Waals surface area contributed by atoms with E-state index in [2.05, 4.69) is 26.5 Å². The minimum absolute atomic E-state index is 0.00490. The molecule has 2 heterocycles. The number of halogens is 1. The van der Waals surface area contributed by atoms with E-state index in [1.807, 2.05) is 20.8 Å². The number of nitrogens with zero attached hydrogens (tertiary/aromatic N) is 1. The van der Waals surface area contributed by atoms with Crippen molar-refractivity contribution in [3.05, 3.63) is 58.8 Å². The number of guanidine groups is 1. The lowest BCUT2D eigenvalue weighted by molar-refractivity contribution is 0.0973. The van der Waals surface area contributed by atoms with E-state index < -0.39 is 0 Å². The number of amides is 1. The van der Waals surface area contributed by atoms with Crippen LogP contribution in [0.4, 0.5) is 4.39 Å². The zero-order valence-corrected chi connectivity index (χ0v) is 17.4. The van der Waals surface area contributed by atoms with E-state index in [-0.39, 0.29) is 29.5 Å². The number of hydrogen-bond donors (Lipinski definition) is 4. The van der Waals surface area contributed by atoms with Crippen LogP contribution in [-0.2, 0) is 0 Å². The number of aryl methyl sites for hydroxylation is 2. The lowest BCUT2D eigenvalue weighted by atomic mass is 10.0. The maximum absolute atomic E-state index is 13.2. The summed E-state index contributed by atoms with van der Waals surface area (Å²) < 4.78 is 18.6. The van der Waals surface area contributed by atoms with Gasteiger partial charge >= 0.3 is 0 Å². The Balaban J connectivity index is 1.74. The van der Waals surface area contributed by atoms with Gasteiger partial charge in [0, 0.05) is 18.0 Å². The van der Waals surface area contributed by atoms with Crippen LogP contribution in [0, 0.1) is 19.7 Å². The van der Waals surface area contributed by atoms with Crippen molar-refractivity contribution in [2.75, 3.05) is 0 Å². The maximum Gasteiger partial charge on any atom is 0.261 e. The molecule has 1 aromatic carbocycles. The second kappa shape index (κ2) is 8.34. The van der Waals surface area contributed by atoms with Crippen molar-refractivity contribution < 1.29 is 13.6 Å². The maximum atomic E-state index is 13.2. The Morgan fingerprint density at radius 3 is 2.48 bits per heavy atom. The third-order valence-corrected chi connectivity index (χ3v) is 4.45. The summed E-state index contributed by atoms with van der Waals surface area (Å²) in [6, 6.07) is 8.08. The van der Waals surface area contributed by atoms with Gasteiger partial charge in [-0.25, -0.2) is 20.2 Å². The highest BCUT2D eigenvalue weighted by Gasteiger charge is 2.26. The van der Waals surface area contributed by atoms with Crippen LogP contribution < -0.4 is 21.5 Å². The van der Waals surface area contributed by atoms with Crippen molar-refractivity contribution in [3.8, 4) is 0 Å². The van der Waals surface area contributed by atoms with Gasteiger partial charge in [0.25, 0.3) is 5.91 Å². The number of hydrazine groups is 1. The molecule has 2 aromatic rings.